The molecule has 9 rings (SSSR count). The Bertz CT molecular complexity index is 2380. The minimum atomic E-state index is 0.719. The molecule has 0 saturated carbocycles. The van der Waals surface area contributed by atoms with Crippen LogP contribution in [-0.2, 0) is 0 Å². The molecule has 0 bridgehead atoms. The fourth-order valence-corrected chi connectivity index (χ4v) is 6.10. The number of benzene rings is 3. The lowest BCUT2D eigenvalue weighted by molar-refractivity contribution is 1.26. The number of para-hydroxylation sites is 2. The number of nitrogens with zero attached hydrogens (tertiary/aromatic N) is 5. The van der Waals surface area contributed by atoms with E-state index in [2.05, 4.69) is 92.6 Å². The maximum atomic E-state index is 5.13. The lowest BCUT2D eigenvalue weighted by atomic mass is 10.1. The third-order valence-corrected chi connectivity index (χ3v) is 7.53. The van der Waals surface area contributed by atoms with Gasteiger partial charge < -0.3 is 8.80 Å². The summed E-state index contributed by atoms with van der Waals surface area (Å²) >= 11 is 0. The molecule has 5 nitrogen and oxygen atoms in total. The molecule has 0 N–H and O–H groups in total. The Kier molecular flexibility index (Phi) is 3.23. The highest BCUT2D eigenvalue weighted by Crippen LogP contribution is 2.41. The van der Waals surface area contributed by atoms with Gasteiger partial charge in [-0.3, -0.25) is 4.98 Å². The van der Waals surface area contributed by atoms with Crippen LogP contribution in [-0.4, -0.2) is 23.8 Å². The highest BCUT2D eigenvalue weighted by Gasteiger charge is 2.21. The fourth-order valence-electron chi connectivity index (χ4n) is 6.10. The van der Waals surface area contributed by atoms with Gasteiger partial charge in [-0.25, -0.2) is 9.97 Å². The predicted molar refractivity (Wildman–Crippen MR) is 147 cm³/mol. The van der Waals surface area contributed by atoms with E-state index in [1.807, 2.05) is 18.3 Å². The molecule has 0 aliphatic heterocycles. The number of pyridine rings is 3. The second-order valence-corrected chi connectivity index (χ2v) is 9.34. The zero-order valence-corrected chi connectivity index (χ0v) is 19.1. The van der Waals surface area contributed by atoms with E-state index in [0.717, 1.165) is 44.1 Å². The van der Waals surface area contributed by atoms with Crippen molar-refractivity contribution in [2.45, 2.75) is 0 Å². The van der Waals surface area contributed by atoms with Crippen molar-refractivity contribution in [3.05, 3.63) is 103 Å². The van der Waals surface area contributed by atoms with Gasteiger partial charge in [0.2, 0.25) is 0 Å². The van der Waals surface area contributed by atoms with Crippen LogP contribution in [0.2, 0.25) is 0 Å². The minimum absolute atomic E-state index is 0.719. The monoisotopic (exact) mass is 459 g/mol. The van der Waals surface area contributed by atoms with Gasteiger partial charge in [-0.15, -0.1) is 0 Å². The van der Waals surface area contributed by atoms with E-state index < -0.39 is 0 Å². The molecule has 0 amide bonds. The van der Waals surface area contributed by atoms with E-state index >= 15 is 0 Å². The minimum Gasteiger partial charge on any atom is -0.305 e. The molecule has 3 aromatic carbocycles. The SMILES string of the molecule is c1cnc2nc3c4ncccc4n4c5ccccc5c5ccc6c7ccccc7n(c3cc2c1)c6c54. The number of hydrogen-bond donors (Lipinski definition) is 0. The summed E-state index contributed by atoms with van der Waals surface area (Å²) in [6.45, 7) is 0. The van der Waals surface area contributed by atoms with Crippen LogP contribution >= 0.6 is 0 Å². The van der Waals surface area contributed by atoms with Gasteiger partial charge in [-0.05, 0) is 42.5 Å². The van der Waals surface area contributed by atoms with E-state index in [-0.39, 0.29) is 0 Å². The Morgan fingerprint density at radius 1 is 0.472 bits per heavy atom. The molecule has 0 radical (unpaired) electrons. The fraction of sp³-hybridized carbons (Fsp3) is 0. The molecule has 5 heteroatoms. The summed E-state index contributed by atoms with van der Waals surface area (Å²) < 4.78 is 4.76. The zero-order chi connectivity index (χ0) is 23.4. The van der Waals surface area contributed by atoms with Crippen LogP contribution in [0.1, 0.15) is 0 Å². The lowest BCUT2D eigenvalue weighted by Gasteiger charge is -2.10. The van der Waals surface area contributed by atoms with Crippen LogP contribution in [0.4, 0.5) is 0 Å². The van der Waals surface area contributed by atoms with Crippen molar-refractivity contribution in [3.63, 3.8) is 0 Å². The van der Waals surface area contributed by atoms with Crippen LogP contribution in [0.3, 0.4) is 0 Å². The average molecular weight is 460 g/mol. The van der Waals surface area contributed by atoms with Crippen molar-refractivity contribution >= 4 is 76.7 Å². The Morgan fingerprint density at radius 2 is 1.08 bits per heavy atom. The van der Waals surface area contributed by atoms with Gasteiger partial charge in [0.15, 0.2) is 5.65 Å². The Labute approximate surface area is 203 Å². The molecule has 0 aliphatic carbocycles. The van der Waals surface area contributed by atoms with E-state index in [0.29, 0.717) is 0 Å². The summed E-state index contributed by atoms with van der Waals surface area (Å²) in [7, 11) is 0. The van der Waals surface area contributed by atoms with Gasteiger partial charge in [-0.1, -0.05) is 48.5 Å². The second-order valence-electron chi connectivity index (χ2n) is 9.34. The molecule has 0 fully saturated rings. The molecular formula is C31H17N5. The van der Waals surface area contributed by atoms with Gasteiger partial charge in [0.25, 0.3) is 0 Å². The number of rotatable bonds is 0. The quantitative estimate of drug-likeness (QED) is 0.239. The summed E-state index contributed by atoms with van der Waals surface area (Å²) in [5.74, 6) is 0. The van der Waals surface area contributed by atoms with Crippen LogP contribution < -0.4 is 0 Å². The van der Waals surface area contributed by atoms with Crippen molar-refractivity contribution < 1.29 is 0 Å². The van der Waals surface area contributed by atoms with E-state index in [4.69, 9.17) is 9.97 Å². The van der Waals surface area contributed by atoms with Crippen LogP contribution in [0, 0.1) is 0 Å². The molecule has 6 heterocycles. The van der Waals surface area contributed by atoms with Crippen molar-refractivity contribution in [3.8, 4) is 0 Å². The summed E-state index contributed by atoms with van der Waals surface area (Å²) in [6, 6.07) is 32.2. The number of fused-ring (bicyclic) bond motifs is 12. The standard InChI is InChI=1S/C31H17N5/c1-3-10-23-19(8-1)21-13-14-22-20-9-2-4-11-24(20)36-26-17-18-7-5-16-33-31(18)34-28(26)27-25(12-6-15-32-27)35(23)29(21)30(22)36/h1-17H. The molecule has 0 aliphatic rings. The average Bonchev–Trinajstić information content (AvgIpc) is 3.44. The van der Waals surface area contributed by atoms with Crippen LogP contribution in [0.25, 0.3) is 76.7 Å². The maximum Gasteiger partial charge on any atom is 0.159 e. The van der Waals surface area contributed by atoms with Gasteiger partial charge in [0.05, 0.1) is 33.1 Å². The maximum absolute atomic E-state index is 5.13. The lowest BCUT2D eigenvalue weighted by Crippen LogP contribution is -1.97. The van der Waals surface area contributed by atoms with Gasteiger partial charge in [0.1, 0.15) is 11.0 Å². The topological polar surface area (TPSA) is 47.5 Å². The molecule has 0 atom stereocenters. The number of aromatic nitrogens is 5. The molecular weight excluding hydrogens is 442 g/mol. The smallest absolute Gasteiger partial charge is 0.159 e. The Balaban J connectivity index is 1.80. The van der Waals surface area contributed by atoms with Gasteiger partial charge >= 0.3 is 0 Å². The first-order valence-electron chi connectivity index (χ1n) is 12.1. The molecule has 166 valence electrons. The first-order valence-corrected chi connectivity index (χ1v) is 12.1. The Hall–Kier alpha value is -5.03. The second kappa shape index (κ2) is 6.34. The summed E-state index contributed by atoms with van der Waals surface area (Å²) in [4.78, 5) is 14.6. The molecule has 0 unspecified atom stereocenters. The predicted octanol–water partition coefficient (Wildman–Crippen LogP) is 7.30. The van der Waals surface area contributed by atoms with E-state index in [9.17, 15) is 0 Å². The molecule has 6 aromatic heterocycles. The van der Waals surface area contributed by atoms with Crippen molar-refractivity contribution in [1.82, 2.24) is 23.8 Å². The largest absolute Gasteiger partial charge is 0.305 e. The summed E-state index contributed by atoms with van der Waals surface area (Å²) in [5, 5.41) is 5.92. The van der Waals surface area contributed by atoms with Gasteiger partial charge in [0, 0.05) is 39.3 Å². The zero-order valence-electron chi connectivity index (χ0n) is 19.1. The van der Waals surface area contributed by atoms with Crippen LogP contribution in [0.5, 0.6) is 0 Å². The summed E-state index contributed by atoms with van der Waals surface area (Å²) in [6.07, 6.45) is 3.65. The van der Waals surface area contributed by atoms with Crippen molar-refractivity contribution in [1.29, 1.82) is 0 Å². The van der Waals surface area contributed by atoms with Gasteiger partial charge in [-0.2, -0.15) is 0 Å². The van der Waals surface area contributed by atoms with E-state index in [1.54, 1.807) is 6.20 Å². The third-order valence-electron chi connectivity index (χ3n) is 7.53. The highest BCUT2D eigenvalue weighted by atomic mass is 15.0. The Morgan fingerprint density at radius 3 is 1.83 bits per heavy atom. The first-order chi connectivity index (χ1) is 17.9. The van der Waals surface area contributed by atoms with Crippen molar-refractivity contribution in [2.24, 2.45) is 0 Å². The van der Waals surface area contributed by atoms with Crippen LogP contribution in [0.15, 0.2) is 103 Å². The molecule has 0 spiro atoms. The number of hydrogen-bond acceptors (Lipinski definition) is 3. The molecule has 36 heavy (non-hydrogen) atoms. The normalized spacial score (nSPS) is 12.4. The van der Waals surface area contributed by atoms with Crippen molar-refractivity contribution in [2.75, 3.05) is 0 Å². The van der Waals surface area contributed by atoms with E-state index in [1.165, 1.54) is 32.6 Å². The molecule has 0 saturated heterocycles. The first kappa shape index (κ1) is 18.3. The third kappa shape index (κ3) is 2.10. The highest BCUT2D eigenvalue weighted by molar-refractivity contribution is 6.25. The summed E-state index contributed by atoms with van der Waals surface area (Å²) in [5.41, 5.74) is 9.14. The molecule has 9 aromatic rings.